The minimum Gasteiger partial charge on any atom is -0.488 e. The summed E-state index contributed by atoms with van der Waals surface area (Å²) in [4.78, 5) is 17.3. The zero-order valence-corrected chi connectivity index (χ0v) is 14.6. The summed E-state index contributed by atoms with van der Waals surface area (Å²) in [6.07, 6.45) is 6.02. The molecule has 7 heteroatoms. The van der Waals surface area contributed by atoms with Crippen LogP contribution in [0.25, 0.3) is 11.3 Å². The molecule has 0 unspecified atom stereocenters. The molecular formula is C19H20N6O. The molecule has 3 aromatic heterocycles. The second-order valence-corrected chi connectivity index (χ2v) is 6.08. The van der Waals surface area contributed by atoms with Crippen LogP contribution in [-0.4, -0.2) is 39.6 Å². The minimum absolute atomic E-state index is 0.666. The lowest BCUT2D eigenvalue weighted by molar-refractivity contribution is 0.318. The molecule has 4 heterocycles. The Morgan fingerprint density at radius 1 is 1.15 bits per heavy atom. The van der Waals surface area contributed by atoms with E-state index in [1.807, 2.05) is 43.6 Å². The molecule has 7 nitrogen and oxygen atoms in total. The van der Waals surface area contributed by atoms with E-state index in [1.54, 1.807) is 6.33 Å². The highest BCUT2D eigenvalue weighted by atomic mass is 16.5. The summed E-state index contributed by atoms with van der Waals surface area (Å²) in [6, 6.07) is 7.93. The van der Waals surface area contributed by atoms with Crippen LogP contribution >= 0.6 is 0 Å². The number of rotatable bonds is 5. The number of aromatic nitrogens is 4. The zero-order chi connectivity index (χ0) is 17.8. The normalized spacial score (nSPS) is 12.7. The highest BCUT2D eigenvalue weighted by Crippen LogP contribution is 2.29. The number of aryl methyl sites for hydroxylation is 1. The van der Waals surface area contributed by atoms with Crippen molar-refractivity contribution in [1.29, 1.82) is 0 Å². The molecule has 0 spiro atoms. The van der Waals surface area contributed by atoms with Crippen molar-refractivity contribution in [3.8, 4) is 17.0 Å². The van der Waals surface area contributed by atoms with Crippen LogP contribution in [0.5, 0.6) is 5.75 Å². The van der Waals surface area contributed by atoms with Crippen LogP contribution in [0.4, 0.5) is 11.6 Å². The number of nitrogens with zero attached hydrogens (tertiary/aromatic N) is 4. The molecule has 1 aliphatic rings. The molecule has 0 bridgehead atoms. The van der Waals surface area contributed by atoms with E-state index in [4.69, 9.17) is 4.74 Å². The monoisotopic (exact) mass is 348 g/mol. The molecule has 0 radical (unpaired) electrons. The average molecular weight is 348 g/mol. The quantitative estimate of drug-likeness (QED) is 0.733. The summed E-state index contributed by atoms with van der Waals surface area (Å²) in [5.41, 5.74) is 3.94. The summed E-state index contributed by atoms with van der Waals surface area (Å²) < 4.78 is 5.76. The van der Waals surface area contributed by atoms with Crippen LogP contribution in [0.15, 0.2) is 43.0 Å². The van der Waals surface area contributed by atoms with Crippen molar-refractivity contribution in [3.05, 3.63) is 54.2 Å². The highest BCUT2D eigenvalue weighted by molar-refractivity contribution is 5.61. The number of hydrogen-bond donors (Lipinski definition) is 2. The van der Waals surface area contributed by atoms with Gasteiger partial charge >= 0.3 is 0 Å². The van der Waals surface area contributed by atoms with E-state index in [-0.39, 0.29) is 0 Å². The van der Waals surface area contributed by atoms with Gasteiger partial charge in [0.2, 0.25) is 0 Å². The van der Waals surface area contributed by atoms with Crippen LogP contribution in [-0.2, 0) is 6.42 Å². The van der Waals surface area contributed by atoms with Gasteiger partial charge in [0.05, 0.1) is 12.2 Å². The van der Waals surface area contributed by atoms with Crippen molar-refractivity contribution in [3.63, 3.8) is 0 Å². The molecule has 2 N–H and O–H groups in total. The first-order chi connectivity index (χ1) is 12.8. The molecule has 0 saturated carbocycles. The van der Waals surface area contributed by atoms with Gasteiger partial charge in [0.25, 0.3) is 0 Å². The third kappa shape index (κ3) is 3.56. The van der Waals surface area contributed by atoms with Crippen molar-refractivity contribution in [2.24, 2.45) is 0 Å². The predicted molar refractivity (Wildman–Crippen MR) is 100 cm³/mol. The van der Waals surface area contributed by atoms with E-state index in [1.165, 1.54) is 0 Å². The Kier molecular flexibility index (Phi) is 4.59. The summed E-state index contributed by atoms with van der Waals surface area (Å²) in [7, 11) is 0. The standard InChI is InChI=1S/C19H20N6O/c1-13-2-3-15(11-23-13)16-10-17(25-12-24-16)20-6-4-14-5-7-21-19-18(14)26-9-8-22-19/h2-3,5,7,10-12H,4,6,8-9H2,1H3,(H,21,22)(H,20,24,25). The lowest BCUT2D eigenvalue weighted by atomic mass is 10.1. The maximum atomic E-state index is 5.76. The minimum atomic E-state index is 0.666. The number of anilines is 2. The number of pyridine rings is 2. The summed E-state index contributed by atoms with van der Waals surface area (Å²) in [5.74, 6) is 2.47. The van der Waals surface area contributed by atoms with Crippen LogP contribution in [0.3, 0.4) is 0 Å². The fraction of sp³-hybridized carbons (Fsp3) is 0.263. The maximum Gasteiger partial charge on any atom is 0.169 e. The second kappa shape index (κ2) is 7.35. The molecule has 0 saturated heterocycles. The first-order valence-electron chi connectivity index (χ1n) is 8.63. The topological polar surface area (TPSA) is 84.9 Å². The number of nitrogens with one attached hydrogen (secondary N) is 2. The Hall–Kier alpha value is -3.22. The van der Waals surface area contributed by atoms with Gasteiger partial charge in [-0.2, -0.15) is 0 Å². The molecule has 0 atom stereocenters. The van der Waals surface area contributed by atoms with Gasteiger partial charge in [0.15, 0.2) is 11.6 Å². The van der Waals surface area contributed by atoms with Gasteiger partial charge in [-0.1, -0.05) is 0 Å². The first kappa shape index (κ1) is 16.3. The van der Waals surface area contributed by atoms with Crippen molar-refractivity contribution >= 4 is 11.6 Å². The SMILES string of the molecule is Cc1ccc(-c2cc(NCCc3ccnc4c3OCCN4)ncn2)cn1. The second-order valence-electron chi connectivity index (χ2n) is 6.08. The Labute approximate surface area is 151 Å². The van der Waals surface area contributed by atoms with E-state index in [0.29, 0.717) is 6.61 Å². The van der Waals surface area contributed by atoms with Gasteiger partial charge in [0, 0.05) is 41.8 Å². The van der Waals surface area contributed by atoms with Crippen LogP contribution in [0.1, 0.15) is 11.3 Å². The van der Waals surface area contributed by atoms with Gasteiger partial charge < -0.3 is 15.4 Å². The van der Waals surface area contributed by atoms with Crippen LogP contribution in [0, 0.1) is 6.92 Å². The fourth-order valence-corrected chi connectivity index (χ4v) is 2.85. The molecule has 0 amide bonds. The molecule has 0 aromatic carbocycles. The summed E-state index contributed by atoms with van der Waals surface area (Å²) in [5, 5.41) is 6.61. The number of hydrogen-bond acceptors (Lipinski definition) is 7. The third-order valence-corrected chi connectivity index (χ3v) is 4.20. The van der Waals surface area contributed by atoms with E-state index >= 15 is 0 Å². The third-order valence-electron chi connectivity index (χ3n) is 4.20. The molecule has 1 aliphatic heterocycles. The van der Waals surface area contributed by atoms with Gasteiger partial charge in [-0.25, -0.2) is 15.0 Å². The van der Waals surface area contributed by atoms with Gasteiger partial charge in [-0.3, -0.25) is 4.98 Å². The highest BCUT2D eigenvalue weighted by Gasteiger charge is 2.14. The molecule has 132 valence electrons. The Morgan fingerprint density at radius 3 is 3.00 bits per heavy atom. The van der Waals surface area contributed by atoms with Crippen molar-refractivity contribution < 1.29 is 4.74 Å². The fourth-order valence-electron chi connectivity index (χ4n) is 2.85. The lowest BCUT2D eigenvalue weighted by Crippen LogP contribution is -2.20. The molecular weight excluding hydrogens is 328 g/mol. The van der Waals surface area contributed by atoms with E-state index in [2.05, 4.69) is 30.6 Å². The van der Waals surface area contributed by atoms with E-state index < -0.39 is 0 Å². The first-order valence-corrected chi connectivity index (χ1v) is 8.63. The van der Waals surface area contributed by atoms with Crippen LogP contribution in [0.2, 0.25) is 0 Å². The number of fused-ring (bicyclic) bond motifs is 1. The van der Waals surface area contributed by atoms with Gasteiger partial charge in [-0.05, 0) is 31.5 Å². The Morgan fingerprint density at radius 2 is 2.12 bits per heavy atom. The summed E-state index contributed by atoms with van der Waals surface area (Å²) in [6.45, 7) is 4.16. The summed E-state index contributed by atoms with van der Waals surface area (Å²) >= 11 is 0. The predicted octanol–water partition coefficient (Wildman–Crippen LogP) is 2.70. The molecule has 4 rings (SSSR count). The smallest absolute Gasteiger partial charge is 0.169 e. The zero-order valence-electron chi connectivity index (χ0n) is 14.6. The van der Waals surface area contributed by atoms with Gasteiger partial charge in [-0.15, -0.1) is 0 Å². The molecule has 0 fully saturated rings. The lowest BCUT2D eigenvalue weighted by Gasteiger charge is -2.20. The number of ether oxygens (including phenoxy) is 1. The molecule has 3 aromatic rings. The van der Waals surface area contributed by atoms with Crippen LogP contribution < -0.4 is 15.4 Å². The maximum absolute atomic E-state index is 5.76. The molecule has 26 heavy (non-hydrogen) atoms. The van der Waals surface area contributed by atoms with E-state index in [9.17, 15) is 0 Å². The Balaban J connectivity index is 1.43. The van der Waals surface area contributed by atoms with Gasteiger partial charge in [0.1, 0.15) is 18.8 Å². The largest absolute Gasteiger partial charge is 0.488 e. The van der Waals surface area contributed by atoms with Crippen molar-refractivity contribution in [2.45, 2.75) is 13.3 Å². The Bertz CT molecular complexity index is 897. The van der Waals surface area contributed by atoms with Crippen molar-refractivity contribution in [1.82, 2.24) is 19.9 Å². The van der Waals surface area contributed by atoms with E-state index in [0.717, 1.165) is 59.4 Å². The van der Waals surface area contributed by atoms with Crippen molar-refractivity contribution in [2.75, 3.05) is 30.3 Å². The molecule has 0 aliphatic carbocycles. The average Bonchev–Trinajstić information content (AvgIpc) is 2.69.